The van der Waals surface area contributed by atoms with Crippen LogP contribution >= 0.6 is 11.8 Å². The molecule has 1 amide bonds. The molecule has 0 saturated carbocycles. The molecule has 0 aliphatic carbocycles. The Bertz CT molecular complexity index is 930. The summed E-state index contributed by atoms with van der Waals surface area (Å²) in [5.74, 6) is 0.498. The number of carbonyl (C=O) groups is 2. The molecule has 1 aromatic heterocycles. The quantitative estimate of drug-likeness (QED) is 0.607. The number of pyridine rings is 1. The van der Waals surface area contributed by atoms with Gasteiger partial charge in [0.2, 0.25) is 5.91 Å². The Morgan fingerprint density at radius 3 is 2.64 bits per heavy atom. The fourth-order valence-corrected chi connectivity index (χ4v) is 4.54. The Kier molecular flexibility index (Phi) is 5.06. The molecule has 3 heterocycles. The van der Waals surface area contributed by atoms with Gasteiger partial charge in [0.25, 0.3) is 0 Å². The second-order valence-electron chi connectivity index (χ2n) is 6.42. The van der Waals surface area contributed by atoms with Crippen LogP contribution in [-0.2, 0) is 20.9 Å². The predicted octanol–water partition coefficient (Wildman–Crippen LogP) is 1.79. The number of ether oxygens (including phenoxy) is 2. The van der Waals surface area contributed by atoms with Gasteiger partial charge in [-0.15, -0.1) is 11.8 Å². The van der Waals surface area contributed by atoms with Gasteiger partial charge < -0.3 is 15.2 Å². The van der Waals surface area contributed by atoms with Gasteiger partial charge in [0, 0.05) is 23.7 Å². The van der Waals surface area contributed by atoms with Crippen LogP contribution < -0.4 is 10.5 Å². The number of benzene rings is 1. The van der Waals surface area contributed by atoms with Crippen LogP contribution in [-0.4, -0.2) is 46.0 Å². The summed E-state index contributed by atoms with van der Waals surface area (Å²) in [7, 11) is 1.59. The smallest absolute Gasteiger partial charge is 0.355 e. The average molecular weight is 397 g/mol. The number of nitrogens with zero attached hydrogens (tertiary/aromatic N) is 2. The lowest BCUT2D eigenvalue weighted by Crippen LogP contribution is -2.68. The van der Waals surface area contributed by atoms with E-state index in [-0.39, 0.29) is 23.6 Å². The molecule has 7 nitrogen and oxygen atoms in total. The van der Waals surface area contributed by atoms with Crippen molar-refractivity contribution in [2.75, 3.05) is 12.9 Å². The highest BCUT2D eigenvalue weighted by Crippen LogP contribution is 2.42. The van der Waals surface area contributed by atoms with Crippen molar-refractivity contribution in [2.24, 2.45) is 5.73 Å². The molecular formula is C20H19N3O4S. The molecule has 2 N–H and O–H groups in total. The van der Waals surface area contributed by atoms with E-state index in [0.29, 0.717) is 5.75 Å². The predicted molar refractivity (Wildman–Crippen MR) is 105 cm³/mol. The molecule has 144 valence electrons. The number of aromatic nitrogens is 1. The van der Waals surface area contributed by atoms with Crippen LogP contribution in [0.5, 0.6) is 5.75 Å². The zero-order valence-corrected chi connectivity index (χ0v) is 16.0. The van der Waals surface area contributed by atoms with Crippen molar-refractivity contribution in [2.45, 2.75) is 18.0 Å². The fourth-order valence-electron chi connectivity index (χ4n) is 3.22. The molecule has 2 aliphatic rings. The van der Waals surface area contributed by atoms with Gasteiger partial charge in [-0.25, -0.2) is 4.79 Å². The van der Waals surface area contributed by atoms with E-state index >= 15 is 0 Å². The lowest BCUT2D eigenvalue weighted by molar-refractivity contribution is -0.151. The van der Waals surface area contributed by atoms with Gasteiger partial charge >= 0.3 is 5.97 Å². The summed E-state index contributed by atoms with van der Waals surface area (Å²) in [6.07, 6.45) is 3.31. The summed E-state index contributed by atoms with van der Waals surface area (Å²) in [5, 5.41) is -0.235. The number of thioether (sulfide) groups is 1. The van der Waals surface area contributed by atoms with Crippen molar-refractivity contribution >= 4 is 29.2 Å². The molecule has 0 bridgehead atoms. The maximum atomic E-state index is 13.0. The molecule has 1 fully saturated rings. The van der Waals surface area contributed by atoms with Crippen LogP contribution in [0.2, 0.25) is 0 Å². The van der Waals surface area contributed by atoms with Gasteiger partial charge in [0.05, 0.1) is 7.11 Å². The van der Waals surface area contributed by atoms with E-state index in [4.69, 9.17) is 15.2 Å². The Morgan fingerprint density at radius 2 is 1.96 bits per heavy atom. The topological polar surface area (TPSA) is 94.7 Å². The van der Waals surface area contributed by atoms with Crippen LogP contribution in [0.25, 0.3) is 5.57 Å². The number of β-lactam (4-membered cyclic amide) rings is 1. The number of esters is 1. The molecule has 2 aromatic rings. The van der Waals surface area contributed by atoms with E-state index in [2.05, 4.69) is 4.98 Å². The Morgan fingerprint density at radius 1 is 1.25 bits per heavy atom. The molecule has 4 rings (SSSR count). The lowest BCUT2D eigenvalue weighted by Gasteiger charge is -2.48. The van der Waals surface area contributed by atoms with Gasteiger partial charge in [-0.3, -0.25) is 14.7 Å². The monoisotopic (exact) mass is 397 g/mol. The van der Waals surface area contributed by atoms with Crippen LogP contribution in [0.3, 0.4) is 0 Å². The summed E-state index contributed by atoms with van der Waals surface area (Å²) in [6.45, 7) is 0.0991. The third-order valence-electron chi connectivity index (χ3n) is 4.76. The van der Waals surface area contributed by atoms with E-state index in [0.717, 1.165) is 22.4 Å². The zero-order chi connectivity index (χ0) is 19.7. The first-order valence-electron chi connectivity index (χ1n) is 8.74. The van der Waals surface area contributed by atoms with Gasteiger partial charge in [-0.2, -0.15) is 0 Å². The molecular weight excluding hydrogens is 378 g/mol. The van der Waals surface area contributed by atoms with E-state index in [1.807, 2.05) is 24.3 Å². The zero-order valence-electron chi connectivity index (χ0n) is 15.2. The van der Waals surface area contributed by atoms with Crippen molar-refractivity contribution in [1.82, 2.24) is 9.88 Å². The summed E-state index contributed by atoms with van der Waals surface area (Å²) < 4.78 is 10.7. The maximum Gasteiger partial charge on any atom is 0.355 e. The van der Waals surface area contributed by atoms with Crippen molar-refractivity contribution in [3.05, 3.63) is 65.6 Å². The molecule has 1 aromatic carbocycles. The summed E-state index contributed by atoms with van der Waals surface area (Å²) in [4.78, 5) is 30.8. The molecule has 0 radical (unpaired) electrons. The second kappa shape index (κ2) is 7.65. The first kappa shape index (κ1) is 18.5. The van der Waals surface area contributed by atoms with Crippen molar-refractivity contribution in [1.29, 1.82) is 0 Å². The standard InChI is InChI=1S/C20H19N3O4S/c1-26-14-4-2-12(3-5-14)10-27-20(25)17-15(13-6-8-22-9-7-13)11-28-19-16(21)18(24)23(17)19/h2-9,16,19H,10-11,21H2,1H3/t16-,19-/m1/s1. The fraction of sp³-hybridized carbons (Fsp3) is 0.250. The van der Waals surface area contributed by atoms with Gasteiger partial charge in [-0.05, 0) is 35.4 Å². The number of methoxy groups -OCH3 is 1. The lowest BCUT2D eigenvalue weighted by atomic mass is 10.00. The van der Waals surface area contributed by atoms with Crippen molar-refractivity contribution in [3.8, 4) is 5.75 Å². The average Bonchev–Trinajstić information content (AvgIpc) is 2.76. The Labute approximate surface area is 166 Å². The SMILES string of the molecule is COc1ccc(COC(=O)C2=C(c3ccncc3)CS[C@@H]3[C@H](N)C(=O)N23)cc1. The van der Waals surface area contributed by atoms with Crippen LogP contribution in [0.15, 0.2) is 54.5 Å². The number of nitrogens with two attached hydrogens (primary N) is 1. The third-order valence-corrected chi connectivity index (χ3v) is 6.06. The normalized spacial score (nSPS) is 21.1. The number of hydrogen-bond donors (Lipinski definition) is 1. The molecule has 2 atom stereocenters. The van der Waals surface area contributed by atoms with E-state index < -0.39 is 12.0 Å². The highest BCUT2D eigenvalue weighted by molar-refractivity contribution is 8.00. The second-order valence-corrected chi connectivity index (χ2v) is 7.53. The number of hydrogen-bond acceptors (Lipinski definition) is 7. The number of fused-ring (bicyclic) bond motifs is 1. The van der Waals surface area contributed by atoms with Crippen molar-refractivity contribution in [3.63, 3.8) is 0 Å². The molecule has 2 aliphatic heterocycles. The molecule has 1 saturated heterocycles. The Balaban J connectivity index is 1.60. The van der Waals surface area contributed by atoms with Gasteiger partial charge in [0.15, 0.2) is 0 Å². The van der Waals surface area contributed by atoms with E-state index in [1.54, 1.807) is 43.4 Å². The highest BCUT2D eigenvalue weighted by atomic mass is 32.2. The summed E-state index contributed by atoms with van der Waals surface area (Å²) in [5.41, 5.74) is 8.60. The Hall–Kier alpha value is -2.84. The highest BCUT2D eigenvalue weighted by Gasteiger charge is 2.52. The summed E-state index contributed by atoms with van der Waals surface area (Å²) >= 11 is 1.55. The van der Waals surface area contributed by atoms with Crippen LogP contribution in [0.4, 0.5) is 0 Å². The number of rotatable bonds is 5. The first-order valence-corrected chi connectivity index (χ1v) is 9.79. The van der Waals surface area contributed by atoms with E-state index in [1.165, 1.54) is 4.90 Å². The maximum absolute atomic E-state index is 13.0. The minimum Gasteiger partial charge on any atom is -0.497 e. The number of amides is 1. The van der Waals surface area contributed by atoms with Gasteiger partial charge in [-0.1, -0.05) is 12.1 Å². The van der Waals surface area contributed by atoms with Gasteiger partial charge in [0.1, 0.15) is 29.5 Å². The summed E-state index contributed by atoms with van der Waals surface area (Å²) in [6, 6.07) is 10.3. The largest absolute Gasteiger partial charge is 0.497 e. The van der Waals surface area contributed by atoms with Crippen LogP contribution in [0.1, 0.15) is 11.1 Å². The minimum atomic E-state index is -0.589. The third kappa shape index (κ3) is 3.25. The van der Waals surface area contributed by atoms with E-state index in [9.17, 15) is 9.59 Å². The molecule has 0 unspecified atom stereocenters. The number of carbonyl (C=O) groups excluding carboxylic acids is 2. The first-order chi connectivity index (χ1) is 13.6. The molecule has 8 heteroatoms. The molecule has 28 heavy (non-hydrogen) atoms. The van der Waals surface area contributed by atoms with Crippen molar-refractivity contribution < 1.29 is 19.1 Å². The van der Waals surface area contributed by atoms with Crippen LogP contribution in [0, 0.1) is 0 Å². The minimum absolute atomic E-state index is 0.0991. The molecule has 0 spiro atoms.